The zero-order valence-corrected chi connectivity index (χ0v) is 17.8. The summed E-state index contributed by atoms with van der Waals surface area (Å²) in [4.78, 5) is 8.96. The number of fused-ring (bicyclic) bond motifs is 2. The molecule has 0 radical (unpaired) electrons. The molecule has 6 rings (SSSR count). The normalized spacial score (nSPS) is 24.0. The van der Waals surface area contributed by atoms with E-state index in [4.69, 9.17) is 19.6 Å². The zero-order valence-electron chi connectivity index (χ0n) is 17.8. The molecule has 0 aromatic carbocycles. The maximum Gasteiger partial charge on any atom is 0.244 e. The van der Waals surface area contributed by atoms with Crippen LogP contribution in [0.1, 0.15) is 32.6 Å². The molecule has 2 N–H and O–H groups in total. The van der Waals surface area contributed by atoms with Crippen molar-refractivity contribution in [3.05, 3.63) is 36.9 Å². The maximum absolute atomic E-state index is 10.2. The van der Waals surface area contributed by atoms with Gasteiger partial charge in [0.1, 0.15) is 17.9 Å². The van der Waals surface area contributed by atoms with Gasteiger partial charge in [-0.1, -0.05) is 0 Å². The monoisotopic (exact) mass is 435 g/mol. The Hall–Kier alpha value is -3.24. The molecule has 0 spiro atoms. The van der Waals surface area contributed by atoms with Crippen LogP contribution in [0.15, 0.2) is 36.9 Å². The van der Waals surface area contributed by atoms with Gasteiger partial charge in [-0.2, -0.15) is 10.1 Å². The Labute approximate surface area is 184 Å². The summed E-state index contributed by atoms with van der Waals surface area (Å²) in [7, 11) is 0. The van der Waals surface area contributed by atoms with Crippen molar-refractivity contribution in [1.82, 2.24) is 29.2 Å². The van der Waals surface area contributed by atoms with E-state index in [9.17, 15) is 5.11 Å². The Balaban J connectivity index is 1.37. The van der Waals surface area contributed by atoms with Crippen LogP contribution in [0.4, 0.5) is 5.95 Å². The van der Waals surface area contributed by atoms with Gasteiger partial charge in [0.2, 0.25) is 11.8 Å². The van der Waals surface area contributed by atoms with Crippen LogP contribution in [0.2, 0.25) is 0 Å². The summed E-state index contributed by atoms with van der Waals surface area (Å²) in [6, 6.07) is 6.17. The summed E-state index contributed by atoms with van der Waals surface area (Å²) in [5.41, 5.74) is 2.93. The van der Waals surface area contributed by atoms with Gasteiger partial charge in [-0.25, -0.2) is 14.0 Å². The van der Waals surface area contributed by atoms with E-state index in [1.807, 2.05) is 42.0 Å². The van der Waals surface area contributed by atoms with Gasteiger partial charge in [-0.15, -0.1) is 5.10 Å². The van der Waals surface area contributed by atoms with Gasteiger partial charge in [0, 0.05) is 29.6 Å². The number of hydrogen-bond donors (Lipinski definition) is 2. The molecular formula is C22H25N7O3. The molecule has 0 bridgehead atoms. The van der Waals surface area contributed by atoms with Gasteiger partial charge in [0.15, 0.2) is 5.65 Å². The molecule has 1 aliphatic heterocycles. The lowest BCUT2D eigenvalue weighted by atomic mass is 9.84. The van der Waals surface area contributed by atoms with E-state index in [0.717, 1.165) is 48.0 Å². The Morgan fingerprint density at radius 3 is 2.81 bits per heavy atom. The molecule has 0 amide bonds. The van der Waals surface area contributed by atoms with Crippen molar-refractivity contribution in [3.63, 3.8) is 0 Å². The minimum Gasteiger partial charge on any atom is -0.468 e. The number of aliphatic hydroxyl groups is 1. The van der Waals surface area contributed by atoms with E-state index >= 15 is 0 Å². The minimum atomic E-state index is -0.581. The molecule has 2 aliphatic rings. The van der Waals surface area contributed by atoms with Crippen LogP contribution in [0, 0.1) is 0 Å². The van der Waals surface area contributed by atoms with Crippen LogP contribution < -0.4 is 10.1 Å². The first kappa shape index (κ1) is 19.4. The molecule has 1 saturated heterocycles. The highest BCUT2D eigenvalue weighted by Gasteiger charge is 2.30. The molecule has 0 atom stereocenters. The summed E-state index contributed by atoms with van der Waals surface area (Å²) in [6.07, 6.45) is 8.63. The van der Waals surface area contributed by atoms with Gasteiger partial charge in [0.25, 0.3) is 0 Å². The number of rotatable bonds is 5. The fourth-order valence-corrected chi connectivity index (χ4v) is 4.35. The third-order valence-corrected chi connectivity index (χ3v) is 6.35. The lowest BCUT2D eigenvalue weighted by Gasteiger charge is -2.33. The van der Waals surface area contributed by atoms with Crippen molar-refractivity contribution in [2.24, 2.45) is 0 Å². The van der Waals surface area contributed by atoms with Gasteiger partial charge < -0.3 is 19.9 Å². The topological polar surface area (TPSA) is 111 Å². The molecule has 4 aromatic heterocycles. The van der Waals surface area contributed by atoms with Gasteiger partial charge >= 0.3 is 0 Å². The number of nitrogens with zero attached hydrogens (tertiary/aromatic N) is 6. The van der Waals surface area contributed by atoms with E-state index in [1.165, 1.54) is 6.33 Å². The fraction of sp³-hybridized carbons (Fsp3) is 0.455. The summed E-state index contributed by atoms with van der Waals surface area (Å²) in [5.74, 6) is 1.05. The van der Waals surface area contributed by atoms with E-state index in [1.54, 1.807) is 4.52 Å². The summed E-state index contributed by atoms with van der Waals surface area (Å²) >= 11 is 0. The van der Waals surface area contributed by atoms with Gasteiger partial charge in [-0.05, 0) is 50.8 Å². The molecule has 2 fully saturated rings. The van der Waals surface area contributed by atoms with E-state index in [-0.39, 0.29) is 12.1 Å². The van der Waals surface area contributed by atoms with E-state index < -0.39 is 5.60 Å². The van der Waals surface area contributed by atoms with Crippen molar-refractivity contribution in [2.75, 3.05) is 18.5 Å². The first-order valence-corrected chi connectivity index (χ1v) is 11.0. The largest absolute Gasteiger partial charge is 0.468 e. The Kier molecular flexibility index (Phi) is 4.51. The van der Waals surface area contributed by atoms with Crippen molar-refractivity contribution >= 4 is 17.1 Å². The lowest BCUT2D eigenvalue weighted by Crippen LogP contribution is -2.39. The number of ether oxygens (including phenoxy) is 2. The Bertz CT molecular complexity index is 1270. The second kappa shape index (κ2) is 7.42. The van der Waals surface area contributed by atoms with Crippen molar-refractivity contribution in [2.45, 2.75) is 50.4 Å². The number of aromatic nitrogens is 6. The molecule has 4 aromatic rings. The molecule has 1 aliphatic carbocycles. The summed E-state index contributed by atoms with van der Waals surface area (Å²) in [5, 5.41) is 22.6. The number of anilines is 1. The van der Waals surface area contributed by atoms with E-state index in [0.29, 0.717) is 25.0 Å². The SMILES string of the molecule is C[C@]1(O)CC[C@H](Nc2nc(OC3COC3)c3c(-c4ccc5ncnn5c4)ccn3n2)CC1. The highest BCUT2D eigenvalue weighted by molar-refractivity contribution is 5.84. The fourth-order valence-electron chi connectivity index (χ4n) is 4.35. The maximum atomic E-state index is 10.2. The predicted octanol–water partition coefficient (Wildman–Crippen LogP) is 2.32. The lowest BCUT2D eigenvalue weighted by molar-refractivity contribution is -0.0808. The number of pyridine rings is 1. The third-order valence-electron chi connectivity index (χ3n) is 6.35. The molecule has 0 unspecified atom stereocenters. The van der Waals surface area contributed by atoms with Crippen molar-refractivity contribution in [3.8, 4) is 17.0 Å². The van der Waals surface area contributed by atoms with E-state index in [2.05, 4.69) is 15.4 Å². The van der Waals surface area contributed by atoms with Crippen molar-refractivity contribution < 1.29 is 14.6 Å². The smallest absolute Gasteiger partial charge is 0.244 e. The first-order chi connectivity index (χ1) is 15.5. The highest BCUT2D eigenvalue weighted by Crippen LogP contribution is 2.34. The molecule has 166 valence electrons. The molecule has 10 heteroatoms. The van der Waals surface area contributed by atoms with Crippen LogP contribution in [-0.2, 0) is 4.74 Å². The Morgan fingerprint density at radius 2 is 2.03 bits per heavy atom. The van der Waals surface area contributed by atoms with Crippen LogP contribution in [0.5, 0.6) is 5.88 Å². The zero-order chi connectivity index (χ0) is 21.7. The third kappa shape index (κ3) is 3.55. The number of nitrogens with one attached hydrogen (secondary N) is 1. The molecule has 32 heavy (non-hydrogen) atoms. The standard InChI is InChI=1S/C22H25N7O3/c1-22(30)7-4-15(5-8-22)25-21-26-20(32-16-11-31-12-16)19-17(6-9-28(19)27-21)14-2-3-18-23-13-24-29(18)10-14/h2-3,6,9-10,13,15-16,30H,4-5,7-8,11-12H2,1H3,(H,25,27)/t15-,22-. The van der Waals surface area contributed by atoms with Gasteiger partial charge in [-0.3, -0.25) is 0 Å². The number of hydrogen-bond acceptors (Lipinski definition) is 8. The molecule has 10 nitrogen and oxygen atoms in total. The predicted molar refractivity (Wildman–Crippen MR) is 117 cm³/mol. The average molecular weight is 435 g/mol. The first-order valence-electron chi connectivity index (χ1n) is 11.0. The van der Waals surface area contributed by atoms with Crippen LogP contribution in [-0.4, -0.2) is 65.3 Å². The second-order valence-electron chi connectivity index (χ2n) is 8.94. The molecular weight excluding hydrogens is 410 g/mol. The van der Waals surface area contributed by atoms with Crippen LogP contribution in [0.25, 0.3) is 22.3 Å². The molecule has 5 heterocycles. The van der Waals surface area contributed by atoms with Crippen molar-refractivity contribution in [1.29, 1.82) is 0 Å². The highest BCUT2D eigenvalue weighted by atomic mass is 16.6. The Morgan fingerprint density at radius 1 is 1.19 bits per heavy atom. The minimum absolute atomic E-state index is 0.0214. The average Bonchev–Trinajstić information content (AvgIpc) is 3.38. The molecule has 1 saturated carbocycles. The van der Waals surface area contributed by atoms with Crippen LogP contribution in [0.3, 0.4) is 0 Å². The summed E-state index contributed by atoms with van der Waals surface area (Å²) < 4.78 is 15.1. The summed E-state index contributed by atoms with van der Waals surface area (Å²) in [6.45, 7) is 3.01. The van der Waals surface area contributed by atoms with Gasteiger partial charge in [0.05, 0.1) is 18.8 Å². The quantitative estimate of drug-likeness (QED) is 0.491. The van der Waals surface area contributed by atoms with Crippen LogP contribution >= 0.6 is 0 Å². The second-order valence-corrected chi connectivity index (χ2v) is 8.94.